The molecule has 0 aliphatic rings. The minimum absolute atomic E-state index is 0.213. The van der Waals surface area contributed by atoms with Crippen LogP contribution < -0.4 is 4.74 Å². The van der Waals surface area contributed by atoms with Gasteiger partial charge in [-0.05, 0) is 23.3 Å². The lowest BCUT2D eigenvalue weighted by Crippen LogP contribution is -2.08. The quantitative estimate of drug-likeness (QED) is 0.604. The van der Waals surface area contributed by atoms with Crippen LogP contribution in [0.1, 0.15) is 21.5 Å². The maximum Gasteiger partial charge on any atom is 0.309 e. The first-order valence-electron chi connectivity index (χ1n) is 6.54. The number of methoxy groups -OCH3 is 1. The summed E-state index contributed by atoms with van der Waals surface area (Å²) in [6.07, 6.45) is 0.989. The van der Waals surface area contributed by atoms with Crippen LogP contribution in [0.25, 0.3) is 0 Å². The summed E-state index contributed by atoms with van der Waals surface area (Å²) in [5, 5.41) is 0. The van der Waals surface area contributed by atoms with Gasteiger partial charge < -0.3 is 9.47 Å². The third-order valence-electron chi connectivity index (χ3n) is 3.07. The lowest BCUT2D eigenvalue weighted by atomic mass is 10.1. The Hall–Kier alpha value is -2.62. The van der Waals surface area contributed by atoms with Crippen LogP contribution in [0.3, 0.4) is 0 Å². The van der Waals surface area contributed by atoms with Crippen LogP contribution >= 0.6 is 0 Å². The number of benzene rings is 2. The number of carbonyl (C=O) groups is 2. The Kier molecular flexibility index (Phi) is 5.10. The van der Waals surface area contributed by atoms with Crippen molar-refractivity contribution in [3.05, 3.63) is 65.2 Å². The first-order chi connectivity index (χ1) is 10.2. The van der Waals surface area contributed by atoms with E-state index in [1.165, 1.54) is 7.11 Å². The highest BCUT2D eigenvalue weighted by Crippen LogP contribution is 2.16. The van der Waals surface area contributed by atoms with Gasteiger partial charge in [0.05, 0.1) is 13.5 Å². The zero-order valence-electron chi connectivity index (χ0n) is 11.7. The molecule has 0 saturated heterocycles. The minimum Gasteiger partial charge on any atom is -0.489 e. The van der Waals surface area contributed by atoms with Crippen molar-refractivity contribution in [2.45, 2.75) is 13.0 Å². The number of hydrogen-bond acceptors (Lipinski definition) is 4. The average Bonchev–Trinajstić information content (AvgIpc) is 2.54. The molecule has 0 amide bonds. The van der Waals surface area contributed by atoms with Gasteiger partial charge in [-0.25, -0.2) is 0 Å². The Morgan fingerprint density at radius 3 is 2.57 bits per heavy atom. The molecule has 0 unspecified atom stereocenters. The molecule has 2 rings (SSSR count). The molecule has 0 N–H and O–H groups in total. The molecule has 0 aromatic heterocycles. The number of aldehydes is 1. The third-order valence-corrected chi connectivity index (χ3v) is 3.07. The van der Waals surface area contributed by atoms with Gasteiger partial charge in [0.25, 0.3) is 0 Å². The SMILES string of the molecule is COC(=O)Cc1ccccc1COc1cccc(C=O)c1. The topological polar surface area (TPSA) is 52.6 Å². The first kappa shape index (κ1) is 14.8. The van der Waals surface area contributed by atoms with E-state index in [1.807, 2.05) is 24.3 Å². The van der Waals surface area contributed by atoms with Crippen LogP contribution in [0.15, 0.2) is 48.5 Å². The van der Waals surface area contributed by atoms with Crippen LogP contribution in [0.4, 0.5) is 0 Å². The number of rotatable bonds is 6. The van der Waals surface area contributed by atoms with Gasteiger partial charge in [0.1, 0.15) is 18.6 Å². The van der Waals surface area contributed by atoms with Crippen molar-refractivity contribution in [2.75, 3.05) is 7.11 Å². The molecule has 2 aromatic carbocycles. The first-order valence-corrected chi connectivity index (χ1v) is 6.54. The second-order valence-corrected chi connectivity index (χ2v) is 4.50. The Labute approximate surface area is 123 Å². The van der Waals surface area contributed by atoms with Crippen molar-refractivity contribution < 1.29 is 19.1 Å². The Morgan fingerprint density at radius 1 is 1.10 bits per heavy atom. The van der Waals surface area contributed by atoms with Crippen LogP contribution in [-0.4, -0.2) is 19.4 Å². The maximum absolute atomic E-state index is 11.4. The van der Waals surface area contributed by atoms with Crippen molar-refractivity contribution in [1.29, 1.82) is 0 Å². The van der Waals surface area contributed by atoms with Crippen molar-refractivity contribution in [1.82, 2.24) is 0 Å². The van der Waals surface area contributed by atoms with Crippen LogP contribution in [0, 0.1) is 0 Å². The zero-order chi connectivity index (χ0) is 15.1. The van der Waals surface area contributed by atoms with E-state index in [4.69, 9.17) is 4.74 Å². The number of ether oxygens (including phenoxy) is 2. The van der Waals surface area contributed by atoms with Crippen LogP contribution in [-0.2, 0) is 22.6 Å². The van der Waals surface area contributed by atoms with E-state index in [-0.39, 0.29) is 12.4 Å². The van der Waals surface area contributed by atoms with E-state index in [1.54, 1.807) is 24.3 Å². The predicted molar refractivity (Wildman–Crippen MR) is 78.3 cm³/mol. The molecule has 2 aromatic rings. The largest absolute Gasteiger partial charge is 0.489 e. The summed E-state index contributed by atoms with van der Waals surface area (Å²) < 4.78 is 10.4. The molecule has 21 heavy (non-hydrogen) atoms. The van der Waals surface area contributed by atoms with Gasteiger partial charge in [-0.1, -0.05) is 36.4 Å². The summed E-state index contributed by atoms with van der Waals surface area (Å²) in [4.78, 5) is 22.1. The molecular formula is C17H16O4. The molecule has 0 radical (unpaired) electrons. The number of esters is 1. The van der Waals surface area contributed by atoms with E-state index in [0.29, 0.717) is 17.9 Å². The fraction of sp³-hybridized carbons (Fsp3) is 0.176. The van der Waals surface area contributed by atoms with E-state index in [2.05, 4.69) is 4.74 Å². The molecule has 0 fully saturated rings. The maximum atomic E-state index is 11.4. The monoisotopic (exact) mass is 284 g/mol. The van der Waals surface area contributed by atoms with E-state index < -0.39 is 0 Å². The molecule has 0 aliphatic carbocycles. The molecule has 0 atom stereocenters. The third kappa shape index (κ3) is 4.18. The molecule has 4 heteroatoms. The van der Waals surface area contributed by atoms with Gasteiger partial charge in [0.2, 0.25) is 0 Å². The second kappa shape index (κ2) is 7.24. The van der Waals surface area contributed by atoms with Crippen LogP contribution in [0.2, 0.25) is 0 Å². The summed E-state index contributed by atoms with van der Waals surface area (Å²) in [6.45, 7) is 0.329. The number of carbonyl (C=O) groups excluding carboxylic acids is 2. The molecule has 0 bridgehead atoms. The number of hydrogen-bond donors (Lipinski definition) is 0. The standard InChI is InChI=1S/C17H16O4/c1-20-17(19)10-14-6-2-3-7-15(14)12-21-16-8-4-5-13(9-16)11-18/h2-9,11H,10,12H2,1H3. The van der Waals surface area contributed by atoms with Gasteiger partial charge in [0.15, 0.2) is 0 Å². The van der Waals surface area contributed by atoms with Crippen molar-refractivity contribution >= 4 is 12.3 Å². The van der Waals surface area contributed by atoms with E-state index in [9.17, 15) is 9.59 Å². The highest BCUT2D eigenvalue weighted by atomic mass is 16.5. The molecule has 108 valence electrons. The van der Waals surface area contributed by atoms with Gasteiger partial charge >= 0.3 is 5.97 Å². The predicted octanol–water partition coefficient (Wildman–Crippen LogP) is 2.79. The van der Waals surface area contributed by atoms with E-state index in [0.717, 1.165) is 17.4 Å². The van der Waals surface area contributed by atoms with Crippen molar-refractivity contribution in [3.8, 4) is 5.75 Å². The molecule has 0 saturated carbocycles. The summed E-state index contributed by atoms with van der Waals surface area (Å²) in [7, 11) is 1.37. The fourth-order valence-electron chi connectivity index (χ4n) is 1.94. The smallest absolute Gasteiger partial charge is 0.309 e. The van der Waals surface area contributed by atoms with Gasteiger partial charge in [-0.3, -0.25) is 9.59 Å². The van der Waals surface area contributed by atoms with Crippen molar-refractivity contribution in [2.24, 2.45) is 0 Å². The highest BCUT2D eigenvalue weighted by Gasteiger charge is 2.08. The van der Waals surface area contributed by atoms with Gasteiger partial charge in [-0.2, -0.15) is 0 Å². The summed E-state index contributed by atoms with van der Waals surface area (Å²) >= 11 is 0. The Bertz CT molecular complexity index is 634. The molecule has 4 nitrogen and oxygen atoms in total. The van der Waals surface area contributed by atoms with Crippen LogP contribution in [0.5, 0.6) is 5.75 Å². The second-order valence-electron chi connectivity index (χ2n) is 4.50. The Morgan fingerprint density at radius 2 is 1.86 bits per heavy atom. The molecule has 0 spiro atoms. The fourth-order valence-corrected chi connectivity index (χ4v) is 1.94. The lowest BCUT2D eigenvalue weighted by molar-refractivity contribution is -0.139. The Balaban J connectivity index is 2.08. The molecular weight excluding hydrogens is 268 g/mol. The summed E-state index contributed by atoms with van der Waals surface area (Å²) in [6, 6.07) is 14.5. The average molecular weight is 284 g/mol. The van der Waals surface area contributed by atoms with Gasteiger partial charge in [0, 0.05) is 5.56 Å². The van der Waals surface area contributed by atoms with E-state index >= 15 is 0 Å². The lowest BCUT2D eigenvalue weighted by Gasteiger charge is -2.10. The van der Waals surface area contributed by atoms with Crippen molar-refractivity contribution in [3.63, 3.8) is 0 Å². The van der Waals surface area contributed by atoms with Gasteiger partial charge in [-0.15, -0.1) is 0 Å². The normalized spacial score (nSPS) is 9.95. The zero-order valence-corrected chi connectivity index (χ0v) is 11.7. The highest BCUT2D eigenvalue weighted by molar-refractivity contribution is 5.75. The summed E-state index contributed by atoms with van der Waals surface area (Å²) in [5.41, 5.74) is 2.35. The minimum atomic E-state index is -0.287. The summed E-state index contributed by atoms with van der Waals surface area (Å²) in [5.74, 6) is 0.331. The molecule has 0 heterocycles. The molecule has 0 aliphatic heterocycles.